The third-order valence-electron chi connectivity index (χ3n) is 6.33. The lowest BCUT2D eigenvalue weighted by molar-refractivity contribution is -0.133. The number of carbonyl (C=O) groups is 1. The maximum Gasteiger partial charge on any atom is 0.231 e. The van der Waals surface area contributed by atoms with Crippen molar-refractivity contribution < 1.29 is 9.53 Å². The molecule has 1 fully saturated rings. The molecule has 8 heteroatoms. The summed E-state index contributed by atoms with van der Waals surface area (Å²) in [6.07, 6.45) is 1.61. The SMILES string of the molecule is CC(C)NCC(C(=O)N1CCN(c2ncnc3c2C(C)OC3)[C@@H](C)C1)c1ccc(Cl)cc1. The molecule has 3 heterocycles. The number of benzene rings is 1. The molecule has 3 atom stereocenters. The van der Waals surface area contributed by atoms with E-state index < -0.39 is 0 Å². The summed E-state index contributed by atoms with van der Waals surface area (Å²) >= 11 is 6.08. The van der Waals surface area contributed by atoms with Crippen LogP contribution in [-0.2, 0) is 16.1 Å². The van der Waals surface area contributed by atoms with Crippen LogP contribution in [0.25, 0.3) is 0 Å². The van der Waals surface area contributed by atoms with Crippen LogP contribution < -0.4 is 10.2 Å². The van der Waals surface area contributed by atoms with Gasteiger partial charge in [0.05, 0.1) is 24.3 Å². The van der Waals surface area contributed by atoms with Gasteiger partial charge in [-0.05, 0) is 31.5 Å². The number of carbonyl (C=O) groups excluding carboxylic acids is 1. The molecule has 1 saturated heterocycles. The van der Waals surface area contributed by atoms with E-state index in [1.807, 2.05) is 36.1 Å². The first kappa shape index (κ1) is 23.0. The highest BCUT2D eigenvalue weighted by molar-refractivity contribution is 6.30. The second kappa shape index (κ2) is 9.73. The summed E-state index contributed by atoms with van der Waals surface area (Å²) in [5.41, 5.74) is 3.04. The van der Waals surface area contributed by atoms with Gasteiger partial charge in [0.15, 0.2) is 0 Å². The van der Waals surface area contributed by atoms with Crippen LogP contribution >= 0.6 is 11.6 Å². The molecule has 4 rings (SSSR count). The minimum Gasteiger partial charge on any atom is -0.367 e. The van der Waals surface area contributed by atoms with Crippen LogP contribution in [0, 0.1) is 0 Å². The van der Waals surface area contributed by atoms with Crippen LogP contribution in [0.15, 0.2) is 30.6 Å². The maximum atomic E-state index is 13.6. The van der Waals surface area contributed by atoms with E-state index in [0.29, 0.717) is 37.3 Å². The van der Waals surface area contributed by atoms with Crippen molar-refractivity contribution >= 4 is 23.3 Å². The summed E-state index contributed by atoms with van der Waals surface area (Å²) in [6.45, 7) is 11.5. The highest BCUT2D eigenvalue weighted by atomic mass is 35.5. The molecule has 0 bridgehead atoms. The van der Waals surface area contributed by atoms with Crippen molar-refractivity contribution in [1.82, 2.24) is 20.2 Å². The molecule has 0 aliphatic carbocycles. The van der Waals surface area contributed by atoms with E-state index >= 15 is 0 Å². The van der Waals surface area contributed by atoms with Gasteiger partial charge in [0, 0.05) is 48.8 Å². The van der Waals surface area contributed by atoms with E-state index in [-0.39, 0.29) is 24.0 Å². The summed E-state index contributed by atoms with van der Waals surface area (Å²) in [5.74, 6) is 0.844. The van der Waals surface area contributed by atoms with Gasteiger partial charge in [-0.2, -0.15) is 0 Å². The Morgan fingerprint density at radius 3 is 2.66 bits per heavy atom. The average molecular weight is 458 g/mol. The molecule has 1 N–H and O–H groups in total. The lowest BCUT2D eigenvalue weighted by atomic mass is 9.96. The van der Waals surface area contributed by atoms with Crippen LogP contribution in [0.5, 0.6) is 0 Å². The zero-order valence-corrected chi connectivity index (χ0v) is 20.0. The van der Waals surface area contributed by atoms with Crippen molar-refractivity contribution in [2.75, 3.05) is 31.1 Å². The highest BCUT2D eigenvalue weighted by Crippen LogP contribution is 2.36. The summed E-state index contributed by atoms with van der Waals surface area (Å²) in [6, 6.07) is 8.06. The van der Waals surface area contributed by atoms with Gasteiger partial charge in [-0.25, -0.2) is 9.97 Å². The number of piperazine rings is 1. The quantitative estimate of drug-likeness (QED) is 0.715. The molecular weight excluding hydrogens is 426 g/mol. The number of rotatable bonds is 6. The van der Waals surface area contributed by atoms with Crippen molar-refractivity contribution in [2.24, 2.45) is 0 Å². The Bertz CT molecular complexity index is 952. The normalized spacial score (nSPS) is 21.7. The van der Waals surface area contributed by atoms with E-state index in [0.717, 1.165) is 29.2 Å². The van der Waals surface area contributed by atoms with E-state index in [1.165, 1.54) is 0 Å². The summed E-state index contributed by atoms with van der Waals surface area (Å²) in [5, 5.41) is 4.11. The Kier molecular flexibility index (Phi) is 6.98. The number of anilines is 1. The molecule has 2 aliphatic heterocycles. The van der Waals surface area contributed by atoms with Crippen LogP contribution in [0.4, 0.5) is 5.82 Å². The third kappa shape index (κ3) is 4.75. The van der Waals surface area contributed by atoms with E-state index in [1.54, 1.807) is 6.33 Å². The molecule has 2 aliphatic rings. The summed E-state index contributed by atoms with van der Waals surface area (Å²) in [4.78, 5) is 26.9. The van der Waals surface area contributed by atoms with Crippen LogP contribution in [0.3, 0.4) is 0 Å². The predicted molar refractivity (Wildman–Crippen MR) is 126 cm³/mol. The molecule has 7 nitrogen and oxygen atoms in total. The first-order chi connectivity index (χ1) is 15.3. The standard InChI is InChI=1S/C24H32ClN5O2/c1-15(2)26-11-20(18-5-7-19(25)8-6-18)24(31)29-9-10-30(16(3)12-29)23-22-17(4)32-13-21(22)27-14-28-23/h5-8,14-17,20,26H,9-13H2,1-4H3/t16-,17?,20?/m0/s1. The fourth-order valence-corrected chi connectivity index (χ4v) is 4.68. The molecule has 2 unspecified atom stereocenters. The van der Waals surface area contributed by atoms with Crippen molar-refractivity contribution in [1.29, 1.82) is 0 Å². The second-order valence-electron chi connectivity index (χ2n) is 9.00. The Morgan fingerprint density at radius 2 is 1.97 bits per heavy atom. The first-order valence-electron chi connectivity index (χ1n) is 11.3. The fourth-order valence-electron chi connectivity index (χ4n) is 4.56. The Morgan fingerprint density at radius 1 is 1.22 bits per heavy atom. The zero-order chi connectivity index (χ0) is 22.8. The van der Waals surface area contributed by atoms with Gasteiger partial charge >= 0.3 is 0 Å². The number of ether oxygens (including phenoxy) is 1. The Labute approximate surface area is 195 Å². The van der Waals surface area contributed by atoms with E-state index in [2.05, 4.69) is 41.0 Å². The monoisotopic (exact) mass is 457 g/mol. The average Bonchev–Trinajstić information content (AvgIpc) is 3.16. The minimum absolute atomic E-state index is 0.00976. The molecule has 1 aromatic carbocycles. The zero-order valence-electron chi connectivity index (χ0n) is 19.2. The van der Waals surface area contributed by atoms with Crippen molar-refractivity contribution in [3.05, 3.63) is 52.4 Å². The first-order valence-corrected chi connectivity index (χ1v) is 11.7. The van der Waals surface area contributed by atoms with Gasteiger partial charge in [0.1, 0.15) is 12.1 Å². The Hall–Kier alpha value is -2.22. The van der Waals surface area contributed by atoms with Crippen LogP contribution in [0.2, 0.25) is 5.02 Å². The van der Waals surface area contributed by atoms with Crippen LogP contribution in [0.1, 0.15) is 56.5 Å². The predicted octanol–water partition coefficient (Wildman–Crippen LogP) is 3.54. The van der Waals surface area contributed by atoms with Crippen molar-refractivity contribution in [3.8, 4) is 0 Å². The number of halogens is 1. The lowest BCUT2D eigenvalue weighted by Gasteiger charge is -2.42. The molecule has 0 spiro atoms. The number of hydrogen-bond donors (Lipinski definition) is 1. The molecule has 1 amide bonds. The molecular formula is C24H32ClN5O2. The van der Waals surface area contributed by atoms with Gasteiger partial charge in [-0.15, -0.1) is 0 Å². The number of nitrogens with zero attached hydrogens (tertiary/aromatic N) is 4. The molecule has 2 aromatic rings. The molecule has 0 radical (unpaired) electrons. The number of aromatic nitrogens is 2. The fraction of sp³-hybridized carbons (Fsp3) is 0.542. The van der Waals surface area contributed by atoms with Gasteiger partial charge in [-0.1, -0.05) is 37.6 Å². The lowest BCUT2D eigenvalue weighted by Crippen LogP contribution is -2.55. The smallest absolute Gasteiger partial charge is 0.231 e. The largest absolute Gasteiger partial charge is 0.367 e. The van der Waals surface area contributed by atoms with Gasteiger partial charge in [-0.3, -0.25) is 4.79 Å². The second-order valence-corrected chi connectivity index (χ2v) is 9.44. The van der Waals surface area contributed by atoms with Crippen molar-refractivity contribution in [2.45, 2.75) is 58.4 Å². The minimum atomic E-state index is -0.245. The van der Waals surface area contributed by atoms with Crippen LogP contribution in [-0.4, -0.2) is 59.0 Å². The third-order valence-corrected chi connectivity index (χ3v) is 6.59. The number of hydrogen-bond acceptors (Lipinski definition) is 6. The summed E-state index contributed by atoms with van der Waals surface area (Å²) in [7, 11) is 0. The van der Waals surface area contributed by atoms with Gasteiger partial charge < -0.3 is 19.9 Å². The number of amides is 1. The molecule has 1 aromatic heterocycles. The topological polar surface area (TPSA) is 70.6 Å². The van der Waals surface area contributed by atoms with E-state index in [9.17, 15) is 4.79 Å². The number of nitrogens with one attached hydrogen (secondary N) is 1. The molecule has 32 heavy (non-hydrogen) atoms. The Balaban J connectivity index is 1.51. The van der Waals surface area contributed by atoms with E-state index in [4.69, 9.17) is 16.3 Å². The number of fused-ring (bicyclic) bond motifs is 1. The molecule has 172 valence electrons. The van der Waals surface area contributed by atoms with Gasteiger partial charge in [0.25, 0.3) is 0 Å². The highest BCUT2D eigenvalue weighted by Gasteiger charge is 2.35. The summed E-state index contributed by atoms with van der Waals surface area (Å²) < 4.78 is 5.77. The maximum absolute atomic E-state index is 13.6. The van der Waals surface area contributed by atoms with Gasteiger partial charge in [0.2, 0.25) is 5.91 Å². The molecule has 0 saturated carbocycles. The van der Waals surface area contributed by atoms with Crippen molar-refractivity contribution in [3.63, 3.8) is 0 Å².